The van der Waals surface area contributed by atoms with Crippen molar-refractivity contribution in [2.24, 2.45) is 0 Å². The molecule has 1 heterocycles. The van der Waals surface area contributed by atoms with Gasteiger partial charge in [-0.1, -0.05) is 59.6 Å². The van der Waals surface area contributed by atoms with Gasteiger partial charge in [0.1, 0.15) is 4.90 Å². The maximum absolute atomic E-state index is 12.7. The number of halogens is 2. The molecule has 3 aromatic rings. The third kappa shape index (κ3) is 4.35. The number of nitrogens with zero attached hydrogens (tertiary/aromatic N) is 2. The van der Waals surface area contributed by atoms with E-state index in [1.807, 2.05) is 48.9 Å². The number of sulfonamides is 1. The minimum Gasteiger partial charge on any atom is -0.265 e. The van der Waals surface area contributed by atoms with Crippen LogP contribution in [0.4, 0.5) is 0 Å². The Morgan fingerprint density at radius 1 is 1.00 bits per heavy atom. The molecular weight excluding hydrogens is 405 g/mol. The summed E-state index contributed by atoms with van der Waals surface area (Å²) in [5.41, 5.74) is 3.64. The SMILES string of the molecule is Cc1nn(Cc2ccccc2)c(C)c1CNS(=O)(=O)c1c(Cl)cccc1Cl. The average Bonchev–Trinajstić information content (AvgIpc) is 2.87. The van der Waals surface area contributed by atoms with Crippen LogP contribution in [0.25, 0.3) is 0 Å². The molecule has 0 aliphatic heterocycles. The molecule has 2 aromatic carbocycles. The third-order valence-corrected chi connectivity index (χ3v) is 6.69. The van der Waals surface area contributed by atoms with E-state index in [0.717, 1.165) is 22.5 Å². The van der Waals surface area contributed by atoms with Crippen molar-refractivity contribution in [3.05, 3.63) is 81.1 Å². The number of aromatic nitrogens is 2. The minimum atomic E-state index is -3.85. The predicted molar refractivity (Wildman–Crippen MR) is 108 cm³/mol. The van der Waals surface area contributed by atoms with Gasteiger partial charge in [0.2, 0.25) is 10.0 Å². The third-order valence-electron chi connectivity index (χ3n) is 4.33. The highest BCUT2D eigenvalue weighted by Crippen LogP contribution is 2.29. The molecule has 0 aliphatic carbocycles. The van der Waals surface area contributed by atoms with Crippen LogP contribution in [-0.2, 0) is 23.1 Å². The van der Waals surface area contributed by atoms with E-state index in [2.05, 4.69) is 9.82 Å². The Bertz CT molecular complexity index is 1040. The lowest BCUT2D eigenvalue weighted by Gasteiger charge is -2.10. The van der Waals surface area contributed by atoms with Crippen LogP contribution >= 0.6 is 23.2 Å². The van der Waals surface area contributed by atoms with Crippen molar-refractivity contribution in [1.82, 2.24) is 14.5 Å². The molecule has 8 heteroatoms. The van der Waals surface area contributed by atoms with E-state index in [0.29, 0.717) is 6.54 Å². The summed E-state index contributed by atoms with van der Waals surface area (Å²) < 4.78 is 29.8. The van der Waals surface area contributed by atoms with Crippen LogP contribution in [0.2, 0.25) is 10.0 Å². The first kappa shape index (κ1) is 19.9. The summed E-state index contributed by atoms with van der Waals surface area (Å²) in [7, 11) is -3.85. The first-order valence-electron chi connectivity index (χ1n) is 8.30. The molecule has 1 aromatic heterocycles. The summed E-state index contributed by atoms with van der Waals surface area (Å²) in [5.74, 6) is 0. The molecule has 0 spiro atoms. The van der Waals surface area contributed by atoms with Crippen LogP contribution < -0.4 is 4.72 Å². The Hall–Kier alpha value is -1.86. The summed E-state index contributed by atoms with van der Waals surface area (Å²) in [6.45, 7) is 4.52. The minimum absolute atomic E-state index is 0.0863. The Morgan fingerprint density at radius 3 is 2.26 bits per heavy atom. The van der Waals surface area contributed by atoms with Gasteiger partial charge in [0.25, 0.3) is 0 Å². The molecule has 1 N–H and O–H groups in total. The largest absolute Gasteiger partial charge is 0.265 e. The van der Waals surface area contributed by atoms with Gasteiger partial charge in [-0.2, -0.15) is 5.10 Å². The Morgan fingerprint density at radius 2 is 1.63 bits per heavy atom. The lowest BCUT2D eigenvalue weighted by molar-refractivity contribution is 0.581. The molecule has 142 valence electrons. The lowest BCUT2D eigenvalue weighted by Crippen LogP contribution is -2.24. The summed E-state index contributed by atoms with van der Waals surface area (Å²) in [5, 5.41) is 4.72. The smallest absolute Gasteiger partial charge is 0.243 e. The second-order valence-electron chi connectivity index (χ2n) is 6.17. The fraction of sp³-hybridized carbons (Fsp3) is 0.211. The average molecular weight is 424 g/mol. The predicted octanol–water partition coefficient (Wildman–Crippen LogP) is 4.33. The van der Waals surface area contributed by atoms with Gasteiger partial charge in [-0.05, 0) is 31.5 Å². The summed E-state index contributed by atoms with van der Waals surface area (Å²) in [6, 6.07) is 14.6. The van der Waals surface area contributed by atoms with E-state index >= 15 is 0 Å². The van der Waals surface area contributed by atoms with Crippen LogP contribution in [-0.4, -0.2) is 18.2 Å². The topological polar surface area (TPSA) is 64.0 Å². The van der Waals surface area contributed by atoms with Gasteiger partial charge in [-0.15, -0.1) is 0 Å². The van der Waals surface area contributed by atoms with Crippen LogP contribution in [0.5, 0.6) is 0 Å². The molecule has 0 saturated heterocycles. The zero-order valence-corrected chi connectivity index (χ0v) is 17.2. The highest BCUT2D eigenvalue weighted by molar-refractivity contribution is 7.89. The number of nitrogens with one attached hydrogen (secondary N) is 1. The summed E-state index contributed by atoms with van der Waals surface area (Å²) >= 11 is 12.1. The maximum atomic E-state index is 12.7. The second kappa shape index (κ2) is 8.02. The van der Waals surface area contributed by atoms with Crippen molar-refractivity contribution in [3.63, 3.8) is 0 Å². The van der Waals surface area contributed by atoms with Gasteiger partial charge >= 0.3 is 0 Å². The zero-order chi connectivity index (χ0) is 19.6. The van der Waals surface area contributed by atoms with Crippen LogP contribution in [0.1, 0.15) is 22.5 Å². The molecule has 0 amide bonds. The number of benzene rings is 2. The van der Waals surface area contributed by atoms with Crippen LogP contribution in [0, 0.1) is 13.8 Å². The molecule has 27 heavy (non-hydrogen) atoms. The maximum Gasteiger partial charge on any atom is 0.243 e. The summed E-state index contributed by atoms with van der Waals surface area (Å²) in [6.07, 6.45) is 0. The van der Waals surface area contributed by atoms with Crippen molar-refractivity contribution in [2.75, 3.05) is 0 Å². The molecule has 5 nitrogen and oxygen atoms in total. The van der Waals surface area contributed by atoms with Gasteiger partial charge in [-0.25, -0.2) is 13.1 Å². The fourth-order valence-corrected chi connectivity index (χ4v) is 5.01. The number of hydrogen-bond acceptors (Lipinski definition) is 3. The van der Waals surface area contributed by atoms with Gasteiger partial charge < -0.3 is 0 Å². The van der Waals surface area contributed by atoms with E-state index in [1.54, 1.807) is 6.07 Å². The van der Waals surface area contributed by atoms with Crippen molar-refractivity contribution >= 4 is 33.2 Å². The van der Waals surface area contributed by atoms with E-state index < -0.39 is 10.0 Å². The number of rotatable bonds is 6. The van der Waals surface area contributed by atoms with E-state index in [-0.39, 0.29) is 21.5 Å². The lowest BCUT2D eigenvalue weighted by atomic mass is 10.2. The molecular formula is C19H19Cl2N3O2S. The second-order valence-corrected chi connectivity index (χ2v) is 8.69. The molecule has 0 radical (unpaired) electrons. The standard InChI is InChI=1S/C19H19Cl2N3O2S/c1-13-16(14(2)24(23-13)12-15-7-4-3-5-8-15)11-22-27(25,26)19-17(20)9-6-10-18(19)21/h3-10,22H,11-12H2,1-2H3. The first-order chi connectivity index (χ1) is 12.8. The molecule has 0 saturated carbocycles. The molecule has 0 fully saturated rings. The van der Waals surface area contributed by atoms with Crippen LogP contribution in [0.15, 0.2) is 53.4 Å². The van der Waals surface area contributed by atoms with Gasteiger partial charge in [0.05, 0.1) is 22.3 Å². The molecule has 0 bridgehead atoms. The van der Waals surface area contributed by atoms with Gasteiger partial charge in [0.15, 0.2) is 0 Å². The van der Waals surface area contributed by atoms with Crippen molar-refractivity contribution < 1.29 is 8.42 Å². The quantitative estimate of drug-likeness (QED) is 0.641. The highest BCUT2D eigenvalue weighted by atomic mass is 35.5. The van der Waals surface area contributed by atoms with Crippen molar-refractivity contribution in [1.29, 1.82) is 0 Å². The molecule has 0 atom stereocenters. The van der Waals surface area contributed by atoms with Crippen molar-refractivity contribution in [2.45, 2.75) is 31.8 Å². The van der Waals surface area contributed by atoms with Crippen LogP contribution in [0.3, 0.4) is 0 Å². The Labute approximate surface area is 169 Å². The Balaban J connectivity index is 1.82. The fourth-order valence-electron chi connectivity index (χ4n) is 2.88. The van der Waals surface area contributed by atoms with E-state index in [4.69, 9.17) is 23.2 Å². The highest BCUT2D eigenvalue weighted by Gasteiger charge is 2.22. The zero-order valence-electron chi connectivity index (χ0n) is 14.9. The molecule has 3 rings (SSSR count). The number of aryl methyl sites for hydroxylation is 1. The number of hydrogen-bond donors (Lipinski definition) is 1. The van der Waals surface area contributed by atoms with Crippen molar-refractivity contribution in [3.8, 4) is 0 Å². The Kier molecular flexibility index (Phi) is 5.91. The van der Waals surface area contributed by atoms with Gasteiger partial charge in [0, 0.05) is 17.8 Å². The van der Waals surface area contributed by atoms with E-state index in [9.17, 15) is 8.42 Å². The monoisotopic (exact) mass is 423 g/mol. The summed E-state index contributed by atoms with van der Waals surface area (Å²) in [4.78, 5) is -0.111. The molecule has 0 unspecified atom stereocenters. The normalized spacial score (nSPS) is 11.7. The van der Waals surface area contributed by atoms with E-state index in [1.165, 1.54) is 12.1 Å². The van der Waals surface area contributed by atoms with Gasteiger partial charge in [-0.3, -0.25) is 4.68 Å². The first-order valence-corrected chi connectivity index (χ1v) is 10.5. The molecule has 0 aliphatic rings.